The van der Waals surface area contributed by atoms with Gasteiger partial charge in [0.1, 0.15) is 18.0 Å². The Balaban J connectivity index is 1.58. The highest BCUT2D eigenvalue weighted by Crippen LogP contribution is 2.30. The number of hydrogen-bond acceptors (Lipinski definition) is 4. The van der Waals surface area contributed by atoms with Crippen LogP contribution in [0.25, 0.3) is 10.9 Å². The number of benzene rings is 2. The number of halogens is 3. The number of alkyl halides is 1. The van der Waals surface area contributed by atoms with Gasteiger partial charge in [-0.2, -0.15) is 0 Å². The highest BCUT2D eigenvalue weighted by atomic mass is 35.5. The molecule has 3 atom stereocenters. The first-order valence-electron chi connectivity index (χ1n) is 11.3. The van der Waals surface area contributed by atoms with Gasteiger partial charge in [-0.3, -0.25) is 9.36 Å². The van der Waals surface area contributed by atoms with Crippen LogP contribution in [0.3, 0.4) is 0 Å². The number of para-hydroxylation sites is 1. The summed E-state index contributed by atoms with van der Waals surface area (Å²) in [6.45, 7) is -0.0314. The number of rotatable bonds is 6. The minimum Gasteiger partial charge on any atom is -0.351 e. The van der Waals surface area contributed by atoms with E-state index in [1.54, 1.807) is 49.3 Å². The molecule has 2 aromatic carbocycles. The lowest BCUT2D eigenvalue weighted by Crippen LogP contribution is -2.46. The minimum atomic E-state index is -1.64. The largest absolute Gasteiger partial charge is 0.351 e. The van der Waals surface area contributed by atoms with Gasteiger partial charge in [-0.15, -0.1) is 0 Å². The van der Waals surface area contributed by atoms with Crippen LogP contribution >= 0.6 is 11.6 Å². The van der Waals surface area contributed by atoms with Gasteiger partial charge in [-0.1, -0.05) is 41.9 Å². The molecule has 3 amide bonds. The Labute approximate surface area is 211 Å². The molecule has 2 heterocycles. The van der Waals surface area contributed by atoms with E-state index in [0.717, 1.165) is 4.90 Å². The average Bonchev–Trinajstić information content (AvgIpc) is 3.38. The van der Waals surface area contributed by atoms with Gasteiger partial charge in [-0.25, -0.2) is 18.4 Å². The number of fused-ring (bicyclic) bond motifs is 1. The molecule has 190 valence electrons. The van der Waals surface area contributed by atoms with Gasteiger partial charge in [0.25, 0.3) is 0 Å². The van der Waals surface area contributed by atoms with Crippen LogP contribution in [0.5, 0.6) is 0 Å². The summed E-state index contributed by atoms with van der Waals surface area (Å²) in [6.07, 6.45) is -0.416. The molecule has 36 heavy (non-hydrogen) atoms. The molecule has 3 aromatic rings. The first-order valence-corrected chi connectivity index (χ1v) is 11.7. The van der Waals surface area contributed by atoms with Crippen LogP contribution in [-0.4, -0.2) is 71.1 Å². The third kappa shape index (κ3) is 4.78. The van der Waals surface area contributed by atoms with Gasteiger partial charge in [0, 0.05) is 24.5 Å². The number of primary amides is 1. The van der Waals surface area contributed by atoms with Crippen LogP contribution in [0.15, 0.2) is 48.7 Å². The second-order valence-corrected chi connectivity index (χ2v) is 9.36. The van der Waals surface area contributed by atoms with Crippen LogP contribution in [-0.2, 0) is 11.2 Å². The third-order valence-corrected chi connectivity index (χ3v) is 6.80. The van der Waals surface area contributed by atoms with E-state index in [1.165, 1.54) is 22.9 Å². The molecule has 11 heteroatoms. The number of hydrogen-bond donors (Lipinski definition) is 2. The molecule has 0 bridgehead atoms. The molecule has 0 unspecified atom stereocenters. The monoisotopic (exact) mass is 517 g/mol. The molecule has 1 saturated heterocycles. The number of urea groups is 1. The molecule has 1 aliphatic rings. The van der Waals surface area contributed by atoms with Crippen molar-refractivity contribution in [1.82, 2.24) is 14.4 Å². The molecular formula is C25H26ClF2N5O3. The number of ketones is 1. The molecule has 0 spiro atoms. The van der Waals surface area contributed by atoms with Crippen molar-refractivity contribution in [2.24, 2.45) is 5.73 Å². The number of nitrogens with one attached hydrogen (secondary N) is 1. The number of carbonyl (C=O) groups excluding carboxylic acids is 3. The number of Topliss-reactive ketones (excluding diaryl/α,β-unsaturated/α-hetero) is 1. The van der Waals surface area contributed by atoms with Gasteiger partial charge < -0.3 is 20.9 Å². The Morgan fingerprint density at radius 1 is 1.17 bits per heavy atom. The number of likely N-dealkylation sites (N-methyl/N-ethyl adjacent to an activating group) is 1. The third-order valence-electron chi connectivity index (χ3n) is 6.51. The summed E-state index contributed by atoms with van der Waals surface area (Å²) < 4.78 is 31.0. The van der Waals surface area contributed by atoms with Gasteiger partial charge in [-0.05, 0) is 38.2 Å². The van der Waals surface area contributed by atoms with Crippen molar-refractivity contribution in [2.45, 2.75) is 31.1 Å². The topological polar surface area (TPSA) is 101 Å². The fourth-order valence-electron chi connectivity index (χ4n) is 4.60. The maximum atomic E-state index is 15.5. The lowest BCUT2D eigenvalue weighted by atomic mass is 9.99. The second-order valence-electron chi connectivity index (χ2n) is 8.95. The zero-order chi connectivity index (χ0) is 26.1. The Kier molecular flexibility index (Phi) is 7.28. The lowest BCUT2D eigenvalue weighted by Gasteiger charge is -2.24. The Morgan fingerprint density at radius 2 is 1.89 bits per heavy atom. The van der Waals surface area contributed by atoms with Crippen molar-refractivity contribution in [2.75, 3.05) is 26.0 Å². The standard InChI is InChI=1S/C25H26ClF2N5O3/c1-31(2)19-13-33(23(22(19)28)20(34)11-10-14-6-5-8-16(26)21(14)27)25(36)30-17-12-32(24(29)35)18-9-4-3-7-15(17)18/h3-9,12,19,22-23H,10-11,13H2,1-2H3,(H2,29,35)(H,30,36)/t19-,22+,23-/m1/s1. The number of nitrogens with zero attached hydrogens (tertiary/aromatic N) is 3. The van der Waals surface area contributed by atoms with Gasteiger partial charge in [0.2, 0.25) is 0 Å². The van der Waals surface area contributed by atoms with E-state index in [2.05, 4.69) is 5.32 Å². The van der Waals surface area contributed by atoms with Crippen molar-refractivity contribution < 1.29 is 23.2 Å². The highest BCUT2D eigenvalue weighted by molar-refractivity contribution is 6.30. The van der Waals surface area contributed by atoms with Crippen LogP contribution < -0.4 is 11.1 Å². The zero-order valence-electron chi connectivity index (χ0n) is 19.7. The van der Waals surface area contributed by atoms with Gasteiger partial charge in [0.15, 0.2) is 5.78 Å². The summed E-state index contributed by atoms with van der Waals surface area (Å²) in [6, 6.07) is 7.83. The summed E-state index contributed by atoms with van der Waals surface area (Å²) in [5.74, 6) is -1.15. The number of aromatic nitrogens is 1. The molecule has 8 nitrogen and oxygen atoms in total. The first kappa shape index (κ1) is 25.6. The van der Waals surface area contributed by atoms with E-state index in [0.29, 0.717) is 16.6 Å². The van der Waals surface area contributed by atoms with Crippen molar-refractivity contribution >= 4 is 46.0 Å². The number of amides is 3. The number of nitrogens with two attached hydrogens (primary N) is 1. The van der Waals surface area contributed by atoms with Crippen LogP contribution in [0, 0.1) is 5.82 Å². The lowest BCUT2D eigenvalue weighted by molar-refractivity contribution is -0.124. The fraction of sp³-hybridized carbons (Fsp3) is 0.320. The van der Waals surface area contributed by atoms with E-state index in [9.17, 15) is 18.8 Å². The SMILES string of the molecule is CN(C)[C@@H]1CN(C(=O)Nc2cn(C(N)=O)c3ccccc23)[C@H](C(=O)CCc2cccc(Cl)c2F)[C@H]1F. The number of carbonyl (C=O) groups is 3. The number of likely N-dealkylation sites (tertiary alicyclic amines) is 1. The maximum absolute atomic E-state index is 15.5. The molecule has 4 rings (SSSR count). The Hall–Kier alpha value is -3.50. The van der Waals surface area contributed by atoms with Gasteiger partial charge in [0.05, 0.1) is 22.3 Å². The van der Waals surface area contributed by atoms with Crippen molar-refractivity contribution in [1.29, 1.82) is 0 Å². The second kappa shape index (κ2) is 10.2. The van der Waals surface area contributed by atoms with Crippen LogP contribution in [0.2, 0.25) is 5.02 Å². The maximum Gasteiger partial charge on any atom is 0.323 e. The Morgan fingerprint density at radius 3 is 2.58 bits per heavy atom. The number of aryl methyl sites for hydroxylation is 1. The molecule has 0 aliphatic carbocycles. The first-order chi connectivity index (χ1) is 17.1. The van der Waals surface area contributed by atoms with Crippen molar-refractivity contribution in [3.05, 3.63) is 65.1 Å². The zero-order valence-corrected chi connectivity index (χ0v) is 20.5. The molecule has 1 aromatic heterocycles. The number of anilines is 1. The highest BCUT2D eigenvalue weighted by Gasteiger charge is 2.48. The quantitative estimate of drug-likeness (QED) is 0.515. The Bertz CT molecular complexity index is 1330. The van der Waals surface area contributed by atoms with E-state index < -0.39 is 41.9 Å². The van der Waals surface area contributed by atoms with Crippen LogP contribution in [0.4, 0.5) is 24.1 Å². The molecule has 0 radical (unpaired) electrons. The normalized spacial score (nSPS) is 19.7. The van der Waals surface area contributed by atoms with E-state index in [4.69, 9.17) is 17.3 Å². The average molecular weight is 518 g/mol. The molecule has 1 aliphatic heterocycles. The van der Waals surface area contributed by atoms with Crippen molar-refractivity contribution in [3.8, 4) is 0 Å². The summed E-state index contributed by atoms with van der Waals surface area (Å²) >= 11 is 5.82. The smallest absolute Gasteiger partial charge is 0.323 e. The summed E-state index contributed by atoms with van der Waals surface area (Å²) in [5.41, 5.74) is 6.47. The van der Waals surface area contributed by atoms with Crippen molar-refractivity contribution in [3.63, 3.8) is 0 Å². The van der Waals surface area contributed by atoms with Crippen LogP contribution in [0.1, 0.15) is 12.0 Å². The molecule has 1 fully saturated rings. The molecule has 3 N–H and O–H groups in total. The summed E-state index contributed by atoms with van der Waals surface area (Å²) in [5, 5.41) is 3.20. The molecular weight excluding hydrogens is 492 g/mol. The summed E-state index contributed by atoms with van der Waals surface area (Å²) in [7, 11) is 3.34. The fourth-order valence-corrected chi connectivity index (χ4v) is 4.80. The molecule has 0 saturated carbocycles. The van der Waals surface area contributed by atoms with E-state index in [-0.39, 0.29) is 30.0 Å². The van der Waals surface area contributed by atoms with E-state index >= 15 is 4.39 Å². The summed E-state index contributed by atoms with van der Waals surface area (Å²) in [4.78, 5) is 41.1. The van der Waals surface area contributed by atoms with E-state index in [1.807, 2.05) is 0 Å². The predicted molar refractivity (Wildman–Crippen MR) is 134 cm³/mol. The predicted octanol–water partition coefficient (Wildman–Crippen LogP) is 4.05. The minimum absolute atomic E-state index is 0.0165. The van der Waals surface area contributed by atoms with Gasteiger partial charge >= 0.3 is 12.1 Å².